The van der Waals surface area contributed by atoms with Crippen molar-refractivity contribution in [1.82, 2.24) is 4.98 Å². The molecule has 6 rings (SSSR count). The van der Waals surface area contributed by atoms with Gasteiger partial charge in [-0.25, -0.2) is 0 Å². The van der Waals surface area contributed by atoms with Crippen LogP contribution in [0, 0.1) is 56.5 Å². The van der Waals surface area contributed by atoms with Crippen LogP contribution in [0.5, 0.6) is 5.88 Å². The van der Waals surface area contributed by atoms with Crippen LogP contribution >= 0.6 is 0 Å². The molecule has 4 saturated carbocycles. The van der Waals surface area contributed by atoms with Gasteiger partial charge in [0, 0.05) is 23.9 Å². The van der Waals surface area contributed by atoms with Gasteiger partial charge in [-0.2, -0.15) is 0 Å². The lowest BCUT2D eigenvalue weighted by Crippen LogP contribution is -2.58. The first kappa shape index (κ1) is 29.2. The molecule has 228 valence electrons. The number of aromatic amines is 1. The number of azo groups is 1. The van der Waals surface area contributed by atoms with Crippen LogP contribution in [-0.2, 0) is 4.79 Å². The maximum atomic E-state index is 12.7. The Hall–Kier alpha value is -2.85. The molecular weight excluding hydrogens is 536 g/mol. The van der Waals surface area contributed by atoms with Gasteiger partial charge in [0.25, 0.3) is 11.6 Å². The minimum Gasteiger partial charge on any atom is -0.493 e. The van der Waals surface area contributed by atoms with E-state index in [2.05, 4.69) is 36.0 Å². The molecule has 10 heteroatoms. The molecule has 2 aromatic rings. The van der Waals surface area contributed by atoms with E-state index >= 15 is 0 Å². The lowest BCUT2D eigenvalue weighted by Gasteiger charge is -2.62. The van der Waals surface area contributed by atoms with E-state index in [9.17, 15) is 30.2 Å². The highest BCUT2D eigenvalue weighted by molar-refractivity contribution is 5.95. The van der Waals surface area contributed by atoms with Crippen LogP contribution in [0.4, 0.5) is 11.4 Å². The largest absolute Gasteiger partial charge is 0.493 e. The first-order valence-corrected chi connectivity index (χ1v) is 15.7. The predicted octanol–water partition coefficient (Wildman–Crippen LogP) is 6.80. The predicted molar refractivity (Wildman–Crippen MR) is 157 cm³/mol. The molecule has 1 amide bonds. The highest BCUT2D eigenvalue weighted by atomic mass is 16.6. The zero-order valence-corrected chi connectivity index (χ0v) is 24.8. The van der Waals surface area contributed by atoms with Crippen molar-refractivity contribution < 1.29 is 25.0 Å². The van der Waals surface area contributed by atoms with E-state index in [1.165, 1.54) is 18.2 Å². The van der Waals surface area contributed by atoms with E-state index in [1.54, 1.807) is 0 Å². The number of aromatic hydroxyl groups is 1. The second kappa shape index (κ2) is 10.7. The van der Waals surface area contributed by atoms with E-state index in [4.69, 9.17) is 0 Å². The molecule has 1 aromatic heterocycles. The summed E-state index contributed by atoms with van der Waals surface area (Å²) in [5, 5.41) is 51.4. The number of amides is 1. The number of nitrogens with zero attached hydrogens (tertiary/aromatic N) is 3. The quantitative estimate of drug-likeness (QED) is 0.167. The van der Waals surface area contributed by atoms with Crippen LogP contribution in [0.2, 0.25) is 0 Å². The second-order valence-corrected chi connectivity index (χ2v) is 14.4. The van der Waals surface area contributed by atoms with Gasteiger partial charge in [-0.1, -0.05) is 20.8 Å². The van der Waals surface area contributed by atoms with Crippen molar-refractivity contribution in [3.8, 4) is 5.88 Å². The molecule has 1 aromatic carbocycles. The Morgan fingerprint density at radius 3 is 2.62 bits per heavy atom. The third-order valence-corrected chi connectivity index (χ3v) is 12.4. The minimum absolute atomic E-state index is 0.0960. The number of benzene rings is 1. The van der Waals surface area contributed by atoms with Crippen molar-refractivity contribution in [1.29, 1.82) is 0 Å². The van der Waals surface area contributed by atoms with Crippen molar-refractivity contribution in [2.45, 2.75) is 97.2 Å². The van der Waals surface area contributed by atoms with Gasteiger partial charge < -0.3 is 20.3 Å². The van der Waals surface area contributed by atoms with Crippen molar-refractivity contribution in [2.24, 2.45) is 56.6 Å². The Morgan fingerprint density at radius 2 is 1.86 bits per heavy atom. The van der Waals surface area contributed by atoms with Gasteiger partial charge in [-0.3, -0.25) is 14.9 Å². The van der Waals surface area contributed by atoms with Crippen molar-refractivity contribution in [3.63, 3.8) is 0 Å². The average molecular weight is 581 g/mol. The molecule has 0 aliphatic heterocycles. The molecule has 0 bridgehead atoms. The molecular formula is C32H44N4O6. The molecule has 10 atom stereocenters. The molecule has 0 saturated heterocycles. The summed E-state index contributed by atoms with van der Waals surface area (Å²) in [7, 11) is 0. The third-order valence-electron chi connectivity index (χ3n) is 12.4. The molecule has 4 aliphatic rings. The molecule has 4 N–H and O–H groups in total. The number of aliphatic hydroxyl groups is 2. The van der Waals surface area contributed by atoms with Gasteiger partial charge in [-0.05, 0) is 110 Å². The lowest BCUT2D eigenvalue weighted by atomic mass is 9.43. The highest BCUT2D eigenvalue weighted by Crippen LogP contribution is 2.68. The topological polar surface area (TPSA) is 161 Å². The maximum absolute atomic E-state index is 12.7. The standard InChI is InChI=1S/C32H44N4O6/c1-17(4-9-27(39)34-35-29-21-6-5-19(36(41)42)16-25(21)33-30(29)40)22-7-8-23-28-24(11-13-32(22,23)3)31(2)12-10-20(37)14-18(31)15-26(28)38/h5-6,16-18,20,22-24,26,28,33,37-38,40H,4,7-15H2,1-3H3/t17-,18+,20-,22+,23-,24-,26-,28-,31-,32+/m0/s1. The Balaban J connectivity index is 1.10. The number of H-pyrrole nitrogens is 1. The van der Waals surface area contributed by atoms with Gasteiger partial charge in [-0.15, -0.1) is 10.2 Å². The average Bonchev–Trinajstić information content (AvgIpc) is 3.46. The molecule has 0 radical (unpaired) electrons. The Kier molecular flexibility index (Phi) is 7.45. The summed E-state index contributed by atoms with van der Waals surface area (Å²) in [6.45, 7) is 7.11. The van der Waals surface area contributed by atoms with E-state index in [0.29, 0.717) is 52.8 Å². The molecule has 4 aliphatic carbocycles. The van der Waals surface area contributed by atoms with Crippen molar-refractivity contribution in [2.75, 3.05) is 0 Å². The number of aromatic nitrogens is 1. The number of nitrogens with one attached hydrogen (secondary N) is 1. The van der Waals surface area contributed by atoms with Crippen LogP contribution in [0.1, 0.15) is 85.0 Å². The highest BCUT2D eigenvalue weighted by Gasteiger charge is 2.62. The fourth-order valence-electron chi connectivity index (χ4n) is 10.3. The smallest absolute Gasteiger partial charge is 0.271 e. The molecule has 1 heterocycles. The summed E-state index contributed by atoms with van der Waals surface area (Å²) < 4.78 is 0. The van der Waals surface area contributed by atoms with Crippen molar-refractivity contribution in [3.05, 3.63) is 28.3 Å². The van der Waals surface area contributed by atoms with Gasteiger partial charge in [0.1, 0.15) is 0 Å². The minimum atomic E-state index is -0.516. The van der Waals surface area contributed by atoms with E-state index < -0.39 is 4.92 Å². The third kappa shape index (κ3) is 4.75. The number of aliphatic hydroxyl groups excluding tert-OH is 2. The zero-order chi connectivity index (χ0) is 30.0. The summed E-state index contributed by atoms with van der Waals surface area (Å²) in [6.07, 6.45) is 8.52. The van der Waals surface area contributed by atoms with Gasteiger partial charge in [0.2, 0.25) is 5.88 Å². The van der Waals surface area contributed by atoms with Gasteiger partial charge in [0.15, 0.2) is 5.69 Å². The molecule has 0 spiro atoms. The van der Waals surface area contributed by atoms with Gasteiger partial charge >= 0.3 is 0 Å². The number of fused-ring (bicyclic) bond motifs is 6. The number of carbonyl (C=O) groups is 1. The number of rotatable bonds is 6. The summed E-state index contributed by atoms with van der Waals surface area (Å²) >= 11 is 0. The summed E-state index contributed by atoms with van der Waals surface area (Å²) in [5.74, 6) is 1.88. The van der Waals surface area contributed by atoms with Crippen LogP contribution in [0.25, 0.3) is 10.9 Å². The lowest BCUT2D eigenvalue weighted by molar-refractivity contribution is -0.384. The number of hydrogen-bond donors (Lipinski definition) is 4. The number of non-ortho nitro benzene ring substituents is 1. The van der Waals surface area contributed by atoms with Gasteiger partial charge in [0.05, 0.1) is 22.6 Å². The van der Waals surface area contributed by atoms with Crippen LogP contribution in [0.15, 0.2) is 28.4 Å². The molecule has 0 unspecified atom stereocenters. The molecule has 42 heavy (non-hydrogen) atoms. The van der Waals surface area contributed by atoms with Crippen molar-refractivity contribution >= 4 is 28.2 Å². The summed E-state index contributed by atoms with van der Waals surface area (Å²) in [4.78, 5) is 25.9. The fourth-order valence-corrected chi connectivity index (χ4v) is 10.3. The Bertz CT molecular complexity index is 1410. The maximum Gasteiger partial charge on any atom is 0.271 e. The van der Waals surface area contributed by atoms with Crippen LogP contribution < -0.4 is 0 Å². The molecule has 4 fully saturated rings. The molecule has 10 nitrogen and oxygen atoms in total. The first-order chi connectivity index (χ1) is 19.9. The van der Waals surface area contributed by atoms with Crippen LogP contribution in [0.3, 0.4) is 0 Å². The first-order valence-electron chi connectivity index (χ1n) is 15.7. The van der Waals surface area contributed by atoms with E-state index in [0.717, 1.165) is 51.4 Å². The number of nitro benzene ring substituents is 1. The van der Waals surface area contributed by atoms with E-state index in [1.807, 2.05) is 0 Å². The van der Waals surface area contributed by atoms with E-state index in [-0.39, 0.29) is 52.6 Å². The van der Waals surface area contributed by atoms with Crippen LogP contribution in [-0.4, -0.2) is 43.3 Å². The fraction of sp³-hybridized carbons (Fsp3) is 0.719. The Morgan fingerprint density at radius 1 is 1.12 bits per heavy atom. The zero-order valence-electron chi connectivity index (χ0n) is 24.8. The Labute approximate surface area is 246 Å². The second-order valence-electron chi connectivity index (χ2n) is 14.4. The number of nitro groups is 1. The number of hydrogen-bond acceptors (Lipinski definition) is 7. The normalized spacial score (nSPS) is 38.6. The summed E-state index contributed by atoms with van der Waals surface area (Å²) in [6, 6.07) is 4.12. The summed E-state index contributed by atoms with van der Waals surface area (Å²) in [5.41, 5.74) is 0.684. The number of carbonyl (C=O) groups excluding carboxylic acids is 1. The monoisotopic (exact) mass is 580 g/mol. The SMILES string of the molecule is C[C@@H](CCC(=O)N=Nc1c(O)[nH]c2cc([N+](=O)[O-])ccc12)[C@H]1CC[C@H]2[C@@H]3[C@@H](O)C[C@H]4C[C@@H](O)CC[C@]4(C)[C@H]3CC[C@]12C.